The highest BCUT2D eigenvalue weighted by Crippen LogP contribution is 2.27. The van der Waals surface area contributed by atoms with Gasteiger partial charge in [0.1, 0.15) is 0 Å². The van der Waals surface area contributed by atoms with E-state index in [4.69, 9.17) is 5.11 Å². The van der Waals surface area contributed by atoms with Gasteiger partial charge in [0.25, 0.3) is 0 Å². The van der Waals surface area contributed by atoms with Gasteiger partial charge in [-0.1, -0.05) is 26.2 Å². The van der Waals surface area contributed by atoms with Gasteiger partial charge in [0.2, 0.25) is 5.91 Å². The van der Waals surface area contributed by atoms with Crippen LogP contribution in [0.3, 0.4) is 0 Å². The molecule has 1 saturated carbocycles. The normalized spacial score (nSPS) is 20.0. The van der Waals surface area contributed by atoms with Crippen LogP contribution in [0.5, 0.6) is 0 Å². The summed E-state index contributed by atoms with van der Waals surface area (Å²) in [6.45, 7) is 2.93. The molecule has 1 rings (SSSR count). The summed E-state index contributed by atoms with van der Waals surface area (Å²) < 4.78 is 0. The highest BCUT2D eigenvalue weighted by atomic mass is 16.3. The standard InChI is InChI=1S/C15H30N2O2/c1-12(11-18)9-10-17(3)15(19)14(16-2)13-7-5-4-6-8-13/h12-14,16,18H,4-11H2,1-3H3/t12?,14-/m0/s1. The zero-order valence-corrected chi connectivity index (χ0v) is 12.7. The van der Waals surface area contributed by atoms with Crippen molar-refractivity contribution < 1.29 is 9.90 Å². The van der Waals surface area contributed by atoms with E-state index in [-0.39, 0.29) is 24.5 Å². The molecule has 1 aliphatic rings. The summed E-state index contributed by atoms with van der Waals surface area (Å²) >= 11 is 0. The lowest BCUT2D eigenvalue weighted by Crippen LogP contribution is -2.48. The predicted octanol–water partition coefficient (Wildman–Crippen LogP) is 1.63. The van der Waals surface area contributed by atoms with Gasteiger partial charge in [-0.2, -0.15) is 0 Å². The summed E-state index contributed by atoms with van der Waals surface area (Å²) in [6.07, 6.45) is 7.00. The lowest BCUT2D eigenvalue weighted by atomic mass is 9.83. The first kappa shape index (κ1) is 16.4. The Morgan fingerprint density at radius 1 is 1.37 bits per heavy atom. The summed E-state index contributed by atoms with van der Waals surface area (Å²) in [7, 11) is 3.76. The second-order valence-electron chi connectivity index (χ2n) is 6.00. The maximum atomic E-state index is 12.5. The van der Waals surface area contributed by atoms with Gasteiger partial charge < -0.3 is 15.3 Å². The van der Waals surface area contributed by atoms with Crippen molar-refractivity contribution in [3.05, 3.63) is 0 Å². The van der Waals surface area contributed by atoms with E-state index >= 15 is 0 Å². The fourth-order valence-corrected chi connectivity index (χ4v) is 2.88. The number of hydrogen-bond acceptors (Lipinski definition) is 3. The minimum atomic E-state index is -0.0327. The number of likely N-dealkylation sites (N-methyl/N-ethyl adjacent to an activating group) is 2. The molecule has 0 spiro atoms. The lowest BCUT2D eigenvalue weighted by molar-refractivity contribution is -0.134. The van der Waals surface area contributed by atoms with Gasteiger partial charge in [0, 0.05) is 20.2 Å². The van der Waals surface area contributed by atoms with Crippen LogP contribution in [0.25, 0.3) is 0 Å². The predicted molar refractivity (Wildman–Crippen MR) is 77.9 cm³/mol. The van der Waals surface area contributed by atoms with Gasteiger partial charge in [-0.05, 0) is 38.1 Å². The molecule has 0 heterocycles. The summed E-state index contributed by atoms with van der Waals surface area (Å²) in [6, 6.07) is -0.0327. The average molecular weight is 270 g/mol. The fraction of sp³-hybridized carbons (Fsp3) is 0.933. The number of carbonyl (C=O) groups excluding carboxylic acids is 1. The molecule has 19 heavy (non-hydrogen) atoms. The molecule has 4 heteroatoms. The Kier molecular flexibility index (Phi) is 7.39. The molecule has 2 atom stereocenters. The van der Waals surface area contributed by atoms with Crippen molar-refractivity contribution in [2.24, 2.45) is 11.8 Å². The molecule has 0 aliphatic heterocycles. The Labute approximate surface area is 117 Å². The SMILES string of the molecule is CN[C@H](C(=O)N(C)CCC(C)CO)C1CCCCC1. The van der Waals surface area contributed by atoms with Crippen LogP contribution in [-0.4, -0.2) is 49.2 Å². The monoisotopic (exact) mass is 270 g/mol. The summed E-state index contributed by atoms with van der Waals surface area (Å²) in [4.78, 5) is 14.3. The summed E-state index contributed by atoms with van der Waals surface area (Å²) in [5.74, 6) is 0.960. The van der Waals surface area contributed by atoms with Gasteiger partial charge in [0.05, 0.1) is 6.04 Å². The molecule has 0 aromatic heterocycles. The molecule has 1 fully saturated rings. The Morgan fingerprint density at radius 2 is 2.00 bits per heavy atom. The van der Waals surface area contributed by atoms with Crippen LogP contribution in [0.15, 0.2) is 0 Å². The molecule has 0 radical (unpaired) electrons. The molecule has 2 N–H and O–H groups in total. The third-order valence-electron chi connectivity index (χ3n) is 4.34. The summed E-state index contributed by atoms with van der Waals surface area (Å²) in [5.41, 5.74) is 0. The van der Waals surface area contributed by atoms with Crippen LogP contribution >= 0.6 is 0 Å². The van der Waals surface area contributed by atoms with Crippen molar-refractivity contribution in [1.29, 1.82) is 0 Å². The van der Waals surface area contributed by atoms with E-state index in [1.165, 1.54) is 19.3 Å². The largest absolute Gasteiger partial charge is 0.396 e. The summed E-state index contributed by atoms with van der Waals surface area (Å²) in [5, 5.41) is 12.2. The van der Waals surface area contributed by atoms with Gasteiger partial charge in [0.15, 0.2) is 0 Å². The first-order chi connectivity index (χ1) is 9.10. The van der Waals surface area contributed by atoms with Crippen molar-refractivity contribution in [1.82, 2.24) is 10.2 Å². The van der Waals surface area contributed by atoms with Crippen molar-refractivity contribution in [2.75, 3.05) is 27.2 Å². The third-order valence-corrected chi connectivity index (χ3v) is 4.34. The maximum absolute atomic E-state index is 12.5. The van der Waals surface area contributed by atoms with Crippen LogP contribution in [-0.2, 0) is 4.79 Å². The minimum Gasteiger partial charge on any atom is -0.396 e. The Morgan fingerprint density at radius 3 is 2.53 bits per heavy atom. The van der Waals surface area contributed by atoms with Crippen molar-refractivity contribution >= 4 is 5.91 Å². The molecule has 1 aliphatic carbocycles. The van der Waals surface area contributed by atoms with Crippen molar-refractivity contribution in [3.63, 3.8) is 0 Å². The smallest absolute Gasteiger partial charge is 0.239 e. The average Bonchev–Trinajstić information content (AvgIpc) is 2.46. The molecular weight excluding hydrogens is 240 g/mol. The molecule has 1 unspecified atom stereocenters. The van der Waals surface area contributed by atoms with Crippen LogP contribution in [0.4, 0.5) is 0 Å². The van der Waals surface area contributed by atoms with E-state index in [0.717, 1.165) is 25.8 Å². The van der Waals surface area contributed by atoms with E-state index in [0.29, 0.717) is 5.92 Å². The highest BCUT2D eigenvalue weighted by Gasteiger charge is 2.30. The number of nitrogens with one attached hydrogen (secondary N) is 1. The zero-order valence-electron chi connectivity index (χ0n) is 12.7. The number of hydrogen-bond donors (Lipinski definition) is 2. The first-order valence-corrected chi connectivity index (χ1v) is 7.63. The van der Waals surface area contributed by atoms with Crippen LogP contribution in [0.1, 0.15) is 45.4 Å². The van der Waals surface area contributed by atoms with Gasteiger partial charge in [-0.15, -0.1) is 0 Å². The van der Waals surface area contributed by atoms with Gasteiger partial charge in [-0.3, -0.25) is 4.79 Å². The third kappa shape index (κ3) is 5.11. The number of aliphatic hydroxyl groups is 1. The fourth-order valence-electron chi connectivity index (χ4n) is 2.88. The molecular formula is C15H30N2O2. The molecule has 0 aromatic carbocycles. The Hall–Kier alpha value is -0.610. The van der Waals surface area contributed by atoms with E-state index in [1.54, 1.807) is 0 Å². The number of amides is 1. The first-order valence-electron chi connectivity index (χ1n) is 7.63. The van der Waals surface area contributed by atoms with E-state index in [1.807, 2.05) is 25.9 Å². The molecule has 4 nitrogen and oxygen atoms in total. The van der Waals surface area contributed by atoms with Crippen LogP contribution < -0.4 is 5.32 Å². The Balaban J connectivity index is 2.47. The number of nitrogens with zero attached hydrogens (tertiary/aromatic N) is 1. The Bertz CT molecular complexity index is 265. The highest BCUT2D eigenvalue weighted by molar-refractivity contribution is 5.82. The molecule has 112 valence electrons. The minimum absolute atomic E-state index is 0.0327. The van der Waals surface area contributed by atoms with Crippen LogP contribution in [0.2, 0.25) is 0 Å². The van der Waals surface area contributed by atoms with Gasteiger partial charge >= 0.3 is 0 Å². The number of aliphatic hydroxyl groups excluding tert-OH is 1. The lowest BCUT2D eigenvalue weighted by Gasteiger charge is -2.32. The van der Waals surface area contributed by atoms with E-state index in [9.17, 15) is 4.79 Å². The quantitative estimate of drug-likeness (QED) is 0.739. The molecule has 0 aromatic rings. The zero-order chi connectivity index (χ0) is 14.3. The number of carbonyl (C=O) groups is 1. The number of rotatable bonds is 7. The molecule has 1 amide bonds. The van der Waals surface area contributed by atoms with Crippen molar-refractivity contribution in [2.45, 2.75) is 51.5 Å². The topological polar surface area (TPSA) is 52.6 Å². The van der Waals surface area contributed by atoms with Crippen molar-refractivity contribution in [3.8, 4) is 0 Å². The second kappa shape index (κ2) is 8.54. The van der Waals surface area contributed by atoms with E-state index < -0.39 is 0 Å². The second-order valence-corrected chi connectivity index (χ2v) is 6.00. The van der Waals surface area contributed by atoms with Crippen LogP contribution in [0, 0.1) is 11.8 Å². The van der Waals surface area contributed by atoms with E-state index in [2.05, 4.69) is 5.32 Å². The molecule has 0 saturated heterocycles. The molecule has 0 bridgehead atoms. The maximum Gasteiger partial charge on any atom is 0.239 e. The van der Waals surface area contributed by atoms with Gasteiger partial charge in [-0.25, -0.2) is 0 Å².